The zero-order chi connectivity index (χ0) is 15.0. The minimum atomic E-state index is 0.693. The lowest BCUT2D eigenvalue weighted by Gasteiger charge is -2.13. The maximum absolute atomic E-state index is 5.22. The van der Waals surface area contributed by atoms with Crippen LogP contribution in [0.15, 0.2) is 27.7 Å². The van der Waals surface area contributed by atoms with Crippen molar-refractivity contribution < 1.29 is 4.74 Å². The van der Waals surface area contributed by atoms with Crippen molar-refractivity contribution in [1.82, 2.24) is 10.6 Å². The van der Waals surface area contributed by atoms with Crippen LogP contribution in [-0.4, -0.2) is 26.7 Å². The Kier molecular flexibility index (Phi) is 7.44. The molecule has 0 unspecified atom stereocenters. The highest BCUT2D eigenvalue weighted by atomic mass is 79.9. The summed E-state index contributed by atoms with van der Waals surface area (Å²) < 4.78 is 6.18. The summed E-state index contributed by atoms with van der Waals surface area (Å²) >= 11 is 3.49. The highest BCUT2D eigenvalue weighted by Crippen LogP contribution is 2.25. The van der Waals surface area contributed by atoms with Gasteiger partial charge in [0.25, 0.3) is 0 Å². The molecule has 0 spiro atoms. The molecule has 0 bridgehead atoms. The largest absolute Gasteiger partial charge is 0.496 e. The van der Waals surface area contributed by atoms with E-state index in [1.54, 1.807) is 14.2 Å². The number of hydrogen-bond donors (Lipinski definition) is 2. The first-order chi connectivity index (χ1) is 9.56. The highest BCUT2D eigenvalue weighted by Gasteiger charge is 2.03. The number of benzene rings is 1. The molecule has 0 atom stereocenters. The van der Waals surface area contributed by atoms with Gasteiger partial charge in [-0.3, -0.25) is 4.99 Å². The third-order valence-electron chi connectivity index (χ3n) is 2.91. The third-order valence-corrected chi connectivity index (χ3v) is 3.53. The Morgan fingerprint density at radius 3 is 2.65 bits per heavy atom. The summed E-state index contributed by atoms with van der Waals surface area (Å²) in [4.78, 5) is 4.21. The van der Waals surface area contributed by atoms with Crippen molar-refractivity contribution >= 4 is 21.9 Å². The Hall–Kier alpha value is -1.23. The van der Waals surface area contributed by atoms with Gasteiger partial charge in [0.15, 0.2) is 5.96 Å². The number of hydrogen-bond acceptors (Lipinski definition) is 2. The Balaban J connectivity index is 2.46. The number of ether oxygens (including phenoxy) is 1. The fraction of sp³-hybridized carbons (Fsp3) is 0.533. The number of guanidine groups is 1. The summed E-state index contributed by atoms with van der Waals surface area (Å²) in [5, 5.41) is 6.61. The zero-order valence-corrected chi connectivity index (χ0v) is 14.3. The molecule has 1 aromatic rings. The number of nitrogens with zero attached hydrogens (tertiary/aromatic N) is 1. The van der Waals surface area contributed by atoms with Gasteiger partial charge in [-0.1, -0.05) is 19.9 Å². The number of methoxy groups -OCH3 is 1. The number of aliphatic imine (C=N–C) groups is 1. The summed E-state index contributed by atoms with van der Waals surface area (Å²) in [5.74, 6) is 2.36. The number of rotatable bonds is 6. The van der Waals surface area contributed by atoms with Gasteiger partial charge in [0.05, 0.1) is 11.6 Å². The summed E-state index contributed by atoms with van der Waals surface area (Å²) in [7, 11) is 3.45. The SMILES string of the molecule is CN=C(NCCC(C)C)NCc1ccc(OC)c(Br)c1. The van der Waals surface area contributed by atoms with E-state index in [2.05, 4.69) is 45.4 Å². The zero-order valence-electron chi connectivity index (χ0n) is 12.7. The molecule has 0 saturated heterocycles. The van der Waals surface area contributed by atoms with Crippen molar-refractivity contribution in [2.24, 2.45) is 10.9 Å². The molecular weight excluding hydrogens is 318 g/mol. The molecule has 0 fully saturated rings. The Labute approximate surface area is 130 Å². The van der Waals surface area contributed by atoms with Gasteiger partial charge in [0.1, 0.15) is 5.75 Å². The van der Waals surface area contributed by atoms with Crippen LogP contribution in [0.4, 0.5) is 0 Å². The minimum absolute atomic E-state index is 0.693. The summed E-state index contributed by atoms with van der Waals surface area (Å²) in [6, 6.07) is 6.04. The standard InChI is InChI=1S/C15H24BrN3O/c1-11(2)7-8-18-15(17-3)19-10-12-5-6-14(20-4)13(16)9-12/h5-6,9,11H,7-8,10H2,1-4H3,(H2,17,18,19). The Morgan fingerprint density at radius 2 is 2.10 bits per heavy atom. The predicted octanol–water partition coefficient (Wildman–Crippen LogP) is 3.17. The summed E-state index contributed by atoms with van der Waals surface area (Å²) in [5.41, 5.74) is 1.17. The molecule has 5 heteroatoms. The minimum Gasteiger partial charge on any atom is -0.496 e. The van der Waals surface area contributed by atoms with Crippen LogP contribution in [0.5, 0.6) is 5.75 Å². The van der Waals surface area contributed by atoms with E-state index >= 15 is 0 Å². The van der Waals surface area contributed by atoms with Crippen molar-refractivity contribution in [3.05, 3.63) is 28.2 Å². The predicted molar refractivity (Wildman–Crippen MR) is 88.4 cm³/mol. The fourth-order valence-corrected chi connectivity index (χ4v) is 2.29. The molecule has 112 valence electrons. The van der Waals surface area contributed by atoms with Gasteiger partial charge in [0, 0.05) is 20.1 Å². The van der Waals surface area contributed by atoms with Crippen molar-refractivity contribution in [2.45, 2.75) is 26.8 Å². The van der Waals surface area contributed by atoms with E-state index in [0.717, 1.165) is 35.7 Å². The average molecular weight is 342 g/mol. The normalized spacial score (nSPS) is 11.6. The van der Waals surface area contributed by atoms with E-state index in [-0.39, 0.29) is 0 Å². The Bertz CT molecular complexity index is 447. The molecule has 0 aliphatic rings. The lowest BCUT2D eigenvalue weighted by Crippen LogP contribution is -2.37. The van der Waals surface area contributed by atoms with Gasteiger partial charge < -0.3 is 15.4 Å². The third kappa shape index (κ3) is 5.82. The first-order valence-electron chi connectivity index (χ1n) is 6.83. The maximum Gasteiger partial charge on any atom is 0.191 e. The van der Waals surface area contributed by atoms with Gasteiger partial charge in [-0.15, -0.1) is 0 Å². The van der Waals surface area contributed by atoms with Crippen molar-refractivity contribution in [2.75, 3.05) is 20.7 Å². The topological polar surface area (TPSA) is 45.7 Å². The van der Waals surface area contributed by atoms with Crippen LogP contribution in [-0.2, 0) is 6.54 Å². The second-order valence-electron chi connectivity index (χ2n) is 5.00. The highest BCUT2D eigenvalue weighted by molar-refractivity contribution is 9.10. The molecule has 0 saturated carbocycles. The van der Waals surface area contributed by atoms with Crippen LogP contribution in [0.2, 0.25) is 0 Å². The van der Waals surface area contributed by atoms with Gasteiger partial charge >= 0.3 is 0 Å². The van der Waals surface area contributed by atoms with Gasteiger partial charge in [0.2, 0.25) is 0 Å². The molecular formula is C15H24BrN3O. The molecule has 1 rings (SSSR count). The summed E-state index contributed by atoms with van der Waals surface area (Å²) in [6.45, 7) is 6.09. The van der Waals surface area contributed by atoms with E-state index in [9.17, 15) is 0 Å². The molecule has 0 aromatic heterocycles. The van der Waals surface area contributed by atoms with E-state index < -0.39 is 0 Å². The second kappa shape index (κ2) is 8.84. The summed E-state index contributed by atoms with van der Waals surface area (Å²) in [6.07, 6.45) is 1.13. The monoisotopic (exact) mass is 341 g/mol. The lowest BCUT2D eigenvalue weighted by molar-refractivity contribution is 0.412. The molecule has 1 aromatic carbocycles. The van der Waals surface area contributed by atoms with Crippen molar-refractivity contribution in [3.8, 4) is 5.75 Å². The van der Waals surface area contributed by atoms with Crippen LogP contribution in [0.25, 0.3) is 0 Å². The number of nitrogens with one attached hydrogen (secondary N) is 2. The maximum atomic E-state index is 5.22. The molecule has 0 aliphatic heterocycles. The van der Waals surface area contributed by atoms with E-state index in [1.807, 2.05) is 18.2 Å². The molecule has 20 heavy (non-hydrogen) atoms. The van der Waals surface area contributed by atoms with Crippen LogP contribution in [0, 0.1) is 5.92 Å². The molecule has 0 aliphatic carbocycles. The number of halogens is 1. The van der Waals surface area contributed by atoms with E-state index in [4.69, 9.17) is 4.74 Å². The quantitative estimate of drug-likeness (QED) is 0.617. The molecule has 4 nitrogen and oxygen atoms in total. The Morgan fingerprint density at radius 1 is 1.35 bits per heavy atom. The van der Waals surface area contributed by atoms with E-state index in [1.165, 1.54) is 5.56 Å². The van der Waals surface area contributed by atoms with Gasteiger partial charge in [-0.2, -0.15) is 0 Å². The fourth-order valence-electron chi connectivity index (χ4n) is 1.71. The lowest BCUT2D eigenvalue weighted by atomic mass is 10.1. The molecule has 2 N–H and O–H groups in total. The molecule has 0 amide bonds. The molecule has 0 heterocycles. The first-order valence-corrected chi connectivity index (χ1v) is 7.63. The molecule has 0 radical (unpaired) electrons. The van der Waals surface area contributed by atoms with Gasteiger partial charge in [-0.25, -0.2) is 0 Å². The van der Waals surface area contributed by atoms with Crippen LogP contribution < -0.4 is 15.4 Å². The van der Waals surface area contributed by atoms with Crippen molar-refractivity contribution in [1.29, 1.82) is 0 Å². The van der Waals surface area contributed by atoms with Crippen LogP contribution >= 0.6 is 15.9 Å². The first kappa shape index (κ1) is 16.8. The van der Waals surface area contributed by atoms with E-state index in [0.29, 0.717) is 5.92 Å². The average Bonchev–Trinajstić information content (AvgIpc) is 2.42. The smallest absolute Gasteiger partial charge is 0.191 e. The second-order valence-corrected chi connectivity index (χ2v) is 5.86. The van der Waals surface area contributed by atoms with Gasteiger partial charge in [-0.05, 0) is 46.0 Å². The van der Waals surface area contributed by atoms with Crippen LogP contribution in [0.1, 0.15) is 25.8 Å². The van der Waals surface area contributed by atoms with Crippen LogP contribution in [0.3, 0.4) is 0 Å². The van der Waals surface area contributed by atoms with Crippen molar-refractivity contribution in [3.63, 3.8) is 0 Å².